The van der Waals surface area contributed by atoms with Gasteiger partial charge in [-0.3, -0.25) is 0 Å². The second-order valence-electron chi connectivity index (χ2n) is 7.49. The first-order valence-electron chi connectivity index (χ1n) is 8.78. The van der Waals surface area contributed by atoms with E-state index in [4.69, 9.17) is 4.74 Å². The van der Waals surface area contributed by atoms with Crippen LogP contribution in [0.15, 0.2) is 18.2 Å². The molecule has 0 radical (unpaired) electrons. The summed E-state index contributed by atoms with van der Waals surface area (Å²) >= 11 is 0. The van der Waals surface area contributed by atoms with E-state index in [1.807, 2.05) is 0 Å². The molecule has 0 atom stereocenters. The zero-order chi connectivity index (χ0) is 19.4. The predicted molar refractivity (Wildman–Crippen MR) is 91.9 cm³/mol. The molecule has 0 bridgehead atoms. The summed E-state index contributed by atoms with van der Waals surface area (Å²) in [6.07, 6.45) is -3.36. The van der Waals surface area contributed by atoms with Gasteiger partial charge in [0.05, 0.1) is 0 Å². The third-order valence-corrected chi connectivity index (χ3v) is 4.16. The van der Waals surface area contributed by atoms with E-state index in [2.05, 4.69) is 15.2 Å². The number of piperidine rings is 1. The van der Waals surface area contributed by atoms with Crippen molar-refractivity contribution >= 4 is 6.09 Å². The lowest BCUT2D eigenvalue weighted by Gasteiger charge is -2.32. The van der Waals surface area contributed by atoms with Gasteiger partial charge in [0, 0.05) is 24.7 Å². The number of carbonyl (C=O) groups excluding carboxylic acids is 1. The van der Waals surface area contributed by atoms with Crippen molar-refractivity contribution < 1.29 is 22.7 Å². The molecule has 1 saturated heterocycles. The van der Waals surface area contributed by atoms with Crippen molar-refractivity contribution in [2.24, 2.45) is 0 Å². The Morgan fingerprint density at radius 2 is 1.92 bits per heavy atom. The number of halogens is 3. The van der Waals surface area contributed by atoms with Crippen molar-refractivity contribution in [3.8, 4) is 0 Å². The molecule has 2 rings (SSSR count). The second kappa shape index (κ2) is 8.24. The highest BCUT2D eigenvalue weighted by Gasteiger charge is 2.33. The maximum absolute atomic E-state index is 12.8. The lowest BCUT2D eigenvalue weighted by atomic mass is 9.93. The number of hydrogen-bond acceptors (Lipinski definition) is 4. The first kappa shape index (κ1) is 20.5. The van der Waals surface area contributed by atoms with Gasteiger partial charge in [0.1, 0.15) is 11.3 Å². The molecule has 146 valence electrons. The fraction of sp³-hybridized carbons (Fsp3) is 0.667. The minimum Gasteiger partial charge on any atom is -0.444 e. The average molecular weight is 373 g/mol. The number of alkyl carbamates (subject to hydrolysis) is 1. The molecule has 8 heteroatoms. The standard InChI is InChI=1S/C18H26F3N3O2/c1-17(2,3)26-16(25)22-9-12-24-10-7-13(8-11-24)14-5-4-6-15(23-14)18(19,20)21/h4-6,13H,7-12H2,1-3H3,(H,22,25). The molecule has 0 aliphatic carbocycles. The zero-order valence-electron chi connectivity index (χ0n) is 15.4. The zero-order valence-corrected chi connectivity index (χ0v) is 15.4. The highest BCUT2D eigenvalue weighted by Crippen LogP contribution is 2.31. The summed E-state index contributed by atoms with van der Waals surface area (Å²) < 4.78 is 43.5. The number of rotatable bonds is 4. The minimum atomic E-state index is -4.41. The number of ether oxygens (including phenoxy) is 1. The number of amides is 1. The number of likely N-dealkylation sites (tertiary alicyclic amines) is 1. The number of nitrogens with zero attached hydrogens (tertiary/aromatic N) is 2. The van der Waals surface area contributed by atoms with E-state index in [-0.39, 0.29) is 5.92 Å². The van der Waals surface area contributed by atoms with Crippen molar-refractivity contribution in [1.82, 2.24) is 15.2 Å². The Morgan fingerprint density at radius 1 is 1.27 bits per heavy atom. The molecule has 5 nitrogen and oxygen atoms in total. The fourth-order valence-electron chi connectivity index (χ4n) is 2.92. The lowest BCUT2D eigenvalue weighted by Crippen LogP contribution is -2.40. The van der Waals surface area contributed by atoms with Gasteiger partial charge in [-0.05, 0) is 58.8 Å². The molecule has 1 N–H and O–H groups in total. The van der Waals surface area contributed by atoms with Crippen LogP contribution in [0.3, 0.4) is 0 Å². The SMILES string of the molecule is CC(C)(C)OC(=O)NCCN1CCC(c2cccc(C(F)(F)F)n2)CC1. The maximum atomic E-state index is 12.8. The van der Waals surface area contributed by atoms with Gasteiger partial charge in [0.2, 0.25) is 0 Å². The smallest absolute Gasteiger partial charge is 0.433 e. The van der Waals surface area contributed by atoms with Crippen molar-refractivity contribution in [2.75, 3.05) is 26.2 Å². The molecular weight excluding hydrogens is 347 g/mol. The average Bonchev–Trinajstić information content (AvgIpc) is 2.53. The van der Waals surface area contributed by atoms with E-state index in [1.54, 1.807) is 26.8 Å². The van der Waals surface area contributed by atoms with Crippen molar-refractivity contribution in [1.29, 1.82) is 0 Å². The molecule has 1 amide bonds. The minimum absolute atomic E-state index is 0.0346. The number of pyridine rings is 1. The molecule has 1 aliphatic rings. The summed E-state index contributed by atoms with van der Waals surface area (Å²) in [5.74, 6) is 0.0346. The quantitative estimate of drug-likeness (QED) is 0.872. The molecule has 1 aromatic rings. The van der Waals surface area contributed by atoms with Gasteiger partial charge in [-0.15, -0.1) is 0 Å². The van der Waals surface area contributed by atoms with Crippen LogP contribution in [0.1, 0.15) is 50.9 Å². The van der Waals surface area contributed by atoms with Crippen molar-refractivity contribution in [3.63, 3.8) is 0 Å². The van der Waals surface area contributed by atoms with Crippen LogP contribution in [-0.2, 0) is 10.9 Å². The Bertz CT molecular complexity index is 606. The molecule has 0 aromatic carbocycles. The molecule has 1 aromatic heterocycles. The third-order valence-electron chi connectivity index (χ3n) is 4.16. The van der Waals surface area contributed by atoms with Crippen LogP contribution < -0.4 is 5.32 Å². The van der Waals surface area contributed by atoms with E-state index in [0.717, 1.165) is 32.0 Å². The van der Waals surface area contributed by atoms with Crippen LogP contribution in [-0.4, -0.2) is 47.8 Å². The Morgan fingerprint density at radius 3 is 2.50 bits per heavy atom. The Hall–Kier alpha value is -1.83. The van der Waals surface area contributed by atoms with Gasteiger partial charge in [0.25, 0.3) is 0 Å². The fourth-order valence-corrected chi connectivity index (χ4v) is 2.92. The number of carbonyl (C=O) groups is 1. The number of hydrogen-bond donors (Lipinski definition) is 1. The number of aromatic nitrogens is 1. The van der Waals surface area contributed by atoms with Gasteiger partial charge in [-0.1, -0.05) is 6.07 Å². The predicted octanol–water partition coefficient (Wildman–Crippen LogP) is 3.80. The van der Waals surface area contributed by atoms with E-state index >= 15 is 0 Å². The largest absolute Gasteiger partial charge is 0.444 e. The molecular formula is C18H26F3N3O2. The molecule has 0 unspecified atom stereocenters. The molecule has 0 saturated carbocycles. The van der Waals surface area contributed by atoms with E-state index in [9.17, 15) is 18.0 Å². The highest BCUT2D eigenvalue weighted by atomic mass is 19.4. The third kappa shape index (κ3) is 6.48. The van der Waals surface area contributed by atoms with Crippen LogP contribution in [0.25, 0.3) is 0 Å². The van der Waals surface area contributed by atoms with Gasteiger partial charge in [-0.25, -0.2) is 9.78 Å². The van der Waals surface area contributed by atoms with Gasteiger partial charge >= 0.3 is 12.3 Å². The molecule has 0 spiro atoms. The molecule has 2 heterocycles. The second-order valence-corrected chi connectivity index (χ2v) is 7.49. The Kier molecular flexibility index (Phi) is 6.49. The van der Waals surface area contributed by atoms with Gasteiger partial charge in [-0.2, -0.15) is 13.2 Å². The van der Waals surface area contributed by atoms with Gasteiger partial charge < -0.3 is 15.0 Å². The first-order chi connectivity index (χ1) is 12.0. The van der Waals surface area contributed by atoms with Crippen LogP contribution in [0, 0.1) is 0 Å². The first-order valence-corrected chi connectivity index (χ1v) is 8.78. The van der Waals surface area contributed by atoms with Gasteiger partial charge in [0.15, 0.2) is 0 Å². The summed E-state index contributed by atoms with van der Waals surface area (Å²) in [5.41, 5.74) is -0.856. The highest BCUT2D eigenvalue weighted by molar-refractivity contribution is 5.67. The summed E-state index contributed by atoms with van der Waals surface area (Å²) in [6.45, 7) is 8.10. The topological polar surface area (TPSA) is 54.5 Å². The van der Waals surface area contributed by atoms with Crippen LogP contribution in [0.5, 0.6) is 0 Å². The molecule has 1 aliphatic heterocycles. The monoisotopic (exact) mass is 373 g/mol. The number of alkyl halides is 3. The van der Waals surface area contributed by atoms with Crippen LogP contribution in [0.2, 0.25) is 0 Å². The summed E-state index contributed by atoms with van der Waals surface area (Å²) in [6, 6.07) is 4.09. The lowest BCUT2D eigenvalue weighted by molar-refractivity contribution is -0.141. The molecule has 1 fully saturated rings. The summed E-state index contributed by atoms with van der Waals surface area (Å²) in [7, 11) is 0. The summed E-state index contributed by atoms with van der Waals surface area (Å²) in [4.78, 5) is 17.6. The summed E-state index contributed by atoms with van der Waals surface area (Å²) in [5, 5.41) is 2.71. The van der Waals surface area contributed by atoms with Crippen LogP contribution in [0.4, 0.5) is 18.0 Å². The maximum Gasteiger partial charge on any atom is 0.433 e. The van der Waals surface area contributed by atoms with E-state index in [1.165, 1.54) is 6.07 Å². The van der Waals surface area contributed by atoms with Crippen molar-refractivity contribution in [3.05, 3.63) is 29.6 Å². The number of nitrogens with one attached hydrogen (secondary N) is 1. The Labute approximate surface area is 151 Å². The van der Waals surface area contributed by atoms with Crippen LogP contribution >= 0.6 is 0 Å². The van der Waals surface area contributed by atoms with E-state index in [0.29, 0.717) is 18.8 Å². The normalized spacial score (nSPS) is 17.2. The molecule has 26 heavy (non-hydrogen) atoms. The Balaban J connectivity index is 1.76. The van der Waals surface area contributed by atoms with Crippen molar-refractivity contribution in [2.45, 2.75) is 51.3 Å². The van der Waals surface area contributed by atoms with E-state index < -0.39 is 23.6 Å².